The molecule has 0 bridgehead atoms. The molecule has 1 aromatic carbocycles. The molecule has 18 heavy (non-hydrogen) atoms. The number of benzene rings is 1. The molecule has 0 radical (unpaired) electrons. The van der Waals surface area contributed by atoms with E-state index in [9.17, 15) is 4.79 Å². The van der Waals surface area contributed by atoms with Crippen molar-refractivity contribution < 1.29 is 4.79 Å². The fourth-order valence-electron chi connectivity index (χ4n) is 1.58. The number of carbonyl (C=O) groups excluding carboxylic acids is 1. The summed E-state index contributed by atoms with van der Waals surface area (Å²) in [6, 6.07) is 10.2. The number of nitrogens with zero attached hydrogens (tertiary/aromatic N) is 2. The summed E-state index contributed by atoms with van der Waals surface area (Å²) in [5.41, 5.74) is 1.18. The van der Waals surface area contributed by atoms with Crippen LogP contribution in [0.2, 0.25) is 0 Å². The van der Waals surface area contributed by atoms with Gasteiger partial charge in [0.2, 0.25) is 0 Å². The van der Waals surface area contributed by atoms with Crippen LogP contribution in [-0.4, -0.2) is 15.5 Å². The molecule has 0 aliphatic carbocycles. The molecule has 1 N–H and O–H groups in total. The van der Waals surface area contributed by atoms with Gasteiger partial charge in [0, 0.05) is 30.7 Å². The van der Waals surface area contributed by atoms with Gasteiger partial charge in [0.1, 0.15) is 6.33 Å². The summed E-state index contributed by atoms with van der Waals surface area (Å²) in [4.78, 5) is 15.4. The largest absolute Gasteiger partial charge is 0.384 e. The highest BCUT2D eigenvalue weighted by atomic mass is 16.1. The zero-order valence-electron chi connectivity index (χ0n) is 10.2. The lowest BCUT2D eigenvalue weighted by Gasteiger charge is -2.11. The van der Waals surface area contributed by atoms with Gasteiger partial charge in [0.05, 0.1) is 0 Å². The second-order valence-electron chi connectivity index (χ2n) is 3.94. The lowest BCUT2D eigenvalue weighted by atomic mass is 10.1. The maximum atomic E-state index is 11.6. The van der Waals surface area contributed by atoms with Crippen molar-refractivity contribution in [3.63, 3.8) is 0 Å². The molecule has 1 atom stereocenters. The van der Waals surface area contributed by atoms with E-state index < -0.39 is 0 Å². The summed E-state index contributed by atoms with van der Waals surface area (Å²) in [5, 5.41) is 3.16. The Kier molecular flexibility index (Phi) is 3.91. The van der Waals surface area contributed by atoms with Gasteiger partial charge in [-0.25, -0.2) is 4.98 Å². The average Bonchev–Trinajstić information content (AvgIpc) is 2.93. The minimum Gasteiger partial charge on any atom is -0.384 e. The molecule has 4 nitrogen and oxygen atoms in total. The molecule has 0 unspecified atom stereocenters. The van der Waals surface area contributed by atoms with E-state index in [4.69, 9.17) is 0 Å². The Morgan fingerprint density at radius 3 is 2.83 bits per heavy atom. The van der Waals surface area contributed by atoms with Gasteiger partial charge in [-0.05, 0) is 12.5 Å². The van der Waals surface area contributed by atoms with Crippen molar-refractivity contribution in [1.29, 1.82) is 0 Å². The molecule has 0 saturated heterocycles. The highest BCUT2D eigenvalue weighted by Gasteiger charge is 2.01. The first kappa shape index (κ1) is 12.1. The summed E-state index contributed by atoms with van der Waals surface area (Å²) in [5.74, 6) is -0.125. The number of carbonyl (C=O) groups is 1. The zero-order valence-corrected chi connectivity index (χ0v) is 10.2. The van der Waals surface area contributed by atoms with Crippen LogP contribution in [0.3, 0.4) is 0 Å². The van der Waals surface area contributed by atoms with E-state index in [1.165, 1.54) is 22.5 Å². The van der Waals surface area contributed by atoms with Gasteiger partial charge in [-0.2, -0.15) is 0 Å². The lowest BCUT2D eigenvalue weighted by molar-refractivity contribution is 0.0968. The van der Waals surface area contributed by atoms with E-state index >= 15 is 0 Å². The molecule has 0 saturated carbocycles. The molecule has 0 spiro atoms. The maximum Gasteiger partial charge on any atom is 0.257 e. The van der Waals surface area contributed by atoms with E-state index in [0.29, 0.717) is 0 Å². The van der Waals surface area contributed by atoms with Crippen molar-refractivity contribution in [2.75, 3.05) is 0 Å². The molecule has 1 heterocycles. The number of hydrogen-bond donors (Lipinski definition) is 1. The Labute approximate surface area is 106 Å². The molecule has 0 aliphatic heterocycles. The van der Waals surface area contributed by atoms with Crippen LogP contribution in [0.15, 0.2) is 61.3 Å². The topological polar surface area (TPSA) is 46.9 Å². The number of hydrogen-bond acceptors (Lipinski definition) is 3. The van der Waals surface area contributed by atoms with Gasteiger partial charge < -0.3 is 5.32 Å². The molecule has 2 aromatic rings. The third-order valence-corrected chi connectivity index (χ3v) is 2.63. The fourth-order valence-corrected chi connectivity index (χ4v) is 1.58. The van der Waals surface area contributed by atoms with Crippen LogP contribution in [0, 0.1) is 0 Å². The van der Waals surface area contributed by atoms with Crippen molar-refractivity contribution in [3.05, 3.63) is 66.9 Å². The summed E-state index contributed by atoms with van der Waals surface area (Å²) >= 11 is 0. The fraction of sp³-hybridized carbons (Fsp3) is 0.143. The van der Waals surface area contributed by atoms with Crippen LogP contribution in [0.4, 0.5) is 0 Å². The lowest BCUT2D eigenvalue weighted by Crippen LogP contribution is -2.13. The molecular weight excluding hydrogens is 226 g/mol. The first-order chi connectivity index (χ1) is 8.77. The third-order valence-electron chi connectivity index (χ3n) is 2.63. The first-order valence-electron chi connectivity index (χ1n) is 5.77. The Bertz CT molecular complexity index is 517. The molecule has 0 aliphatic rings. The summed E-state index contributed by atoms with van der Waals surface area (Å²) in [7, 11) is 0. The first-order valence-corrected chi connectivity index (χ1v) is 5.77. The standard InChI is InChI=1S/C14H15N3O/c1-12(13-5-3-2-4-6-13)16-8-7-14(18)17-10-9-15-11-17/h2-12,16H,1H3/b8-7-/t12-/m0/s1. The second-order valence-corrected chi connectivity index (χ2v) is 3.94. The minimum atomic E-state index is -0.125. The minimum absolute atomic E-state index is 0.125. The van der Waals surface area contributed by atoms with E-state index in [1.54, 1.807) is 18.6 Å². The van der Waals surface area contributed by atoms with Crippen LogP contribution in [0.25, 0.3) is 0 Å². The van der Waals surface area contributed by atoms with Crippen molar-refractivity contribution in [2.45, 2.75) is 13.0 Å². The Balaban J connectivity index is 1.90. The molecule has 0 amide bonds. The van der Waals surface area contributed by atoms with Crippen LogP contribution in [-0.2, 0) is 0 Å². The molecular formula is C14H15N3O. The second kappa shape index (κ2) is 5.82. The van der Waals surface area contributed by atoms with Gasteiger partial charge in [-0.1, -0.05) is 30.3 Å². The van der Waals surface area contributed by atoms with Gasteiger partial charge in [-0.3, -0.25) is 9.36 Å². The third kappa shape index (κ3) is 3.07. The SMILES string of the molecule is C[C@H](N/C=C\C(=O)n1ccnc1)c1ccccc1. The summed E-state index contributed by atoms with van der Waals surface area (Å²) < 4.78 is 1.42. The highest BCUT2D eigenvalue weighted by Crippen LogP contribution is 2.10. The van der Waals surface area contributed by atoms with E-state index in [-0.39, 0.29) is 11.9 Å². The Morgan fingerprint density at radius 2 is 2.17 bits per heavy atom. The molecule has 1 aromatic heterocycles. The van der Waals surface area contributed by atoms with Gasteiger partial charge in [-0.15, -0.1) is 0 Å². The van der Waals surface area contributed by atoms with Crippen molar-refractivity contribution in [1.82, 2.24) is 14.9 Å². The summed E-state index contributed by atoms with van der Waals surface area (Å²) in [6.45, 7) is 2.04. The quantitative estimate of drug-likeness (QED) is 0.836. The Morgan fingerprint density at radius 1 is 1.39 bits per heavy atom. The molecule has 92 valence electrons. The molecule has 2 rings (SSSR count). The Hall–Kier alpha value is -2.36. The molecule has 4 heteroatoms. The van der Waals surface area contributed by atoms with Crippen molar-refractivity contribution in [3.8, 4) is 0 Å². The number of aromatic nitrogens is 2. The number of imidazole rings is 1. The predicted molar refractivity (Wildman–Crippen MR) is 70.0 cm³/mol. The number of allylic oxidation sites excluding steroid dienone is 1. The predicted octanol–water partition coefficient (Wildman–Crippen LogP) is 2.39. The van der Waals surface area contributed by atoms with Gasteiger partial charge in [0.15, 0.2) is 0 Å². The van der Waals surface area contributed by atoms with Crippen molar-refractivity contribution >= 4 is 5.91 Å². The van der Waals surface area contributed by atoms with Crippen LogP contribution in [0.1, 0.15) is 23.3 Å². The van der Waals surface area contributed by atoms with E-state index in [0.717, 1.165) is 0 Å². The smallest absolute Gasteiger partial charge is 0.257 e. The highest BCUT2D eigenvalue weighted by molar-refractivity contribution is 5.89. The molecule has 0 fully saturated rings. The number of nitrogens with one attached hydrogen (secondary N) is 1. The summed E-state index contributed by atoms with van der Waals surface area (Å²) in [6.07, 6.45) is 7.83. The van der Waals surface area contributed by atoms with Gasteiger partial charge in [0.25, 0.3) is 5.91 Å². The maximum absolute atomic E-state index is 11.6. The van der Waals surface area contributed by atoms with Crippen LogP contribution < -0.4 is 5.32 Å². The number of rotatable bonds is 4. The average molecular weight is 241 g/mol. The monoisotopic (exact) mass is 241 g/mol. The van der Waals surface area contributed by atoms with Crippen LogP contribution >= 0.6 is 0 Å². The van der Waals surface area contributed by atoms with Crippen LogP contribution in [0.5, 0.6) is 0 Å². The van der Waals surface area contributed by atoms with Crippen molar-refractivity contribution in [2.24, 2.45) is 0 Å². The zero-order chi connectivity index (χ0) is 12.8. The van der Waals surface area contributed by atoms with E-state index in [1.807, 2.05) is 37.3 Å². The van der Waals surface area contributed by atoms with Gasteiger partial charge >= 0.3 is 0 Å². The normalized spacial score (nSPS) is 12.5. The van der Waals surface area contributed by atoms with E-state index in [2.05, 4.69) is 10.3 Å².